The third kappa shape index (κ3) is 39.8. The van der Waals surface area contributed by atoms with E-state index in [9.17, 15) is 35.1 Å². The number of carbonyl (C=O) groups excluding carboxylic acids is 2. The zero-order chi connectivity index (χ0) is 54.7. The van der Waals surface area contributed by atoms with Gasteiger partial charge in [0.25, 0.3) is 0 Å². The highest BCUT2D eigenvalue weighted by atomic mass is 16.7. The molecule has 6 N–H and O–H groups in total. The van der Waals surface area contributed by atoms with Gasteiger partial charge >= 0.3 is 5.97 Å². The number of aliphatic hydroxyl groups excluding tert-OH is 5. The van der Waals surface area contributed by atoms with Gasteiger partial charge in [-0.3, -0.25) is 9.59 Å². The van der Waals surface area contributed by atoms with Gasteiger partial charge in [0.05, 0.1) is 25.4 Å². The number of carbonyl (C=O) groups is 2. The summed E-state index contributed by atoms with van der Waals surface area (Å²) in [5.41, 5.74) is 0. The topological polar surface area (TPSA) is 175 Å². The summed E-state index contributed by atoms with van der Waals surface area (Å²) in [4.78, 5) is 26.5. The summed E-state index contributed by atoms with van der Waals surface area (Å²) in [6, 6.07) is -1.04. The number of ether oxygens (including phenoxy) is 3. The molecule has 1 saturated heterocycles. The SMILES string of the molecule is CC/C=C/C=C/C=C\C=C/C=C/CCCCCC(=O)OC1C(OCC(NC(=O)C(O)CCCCCCCCCC/C=C/CCCCCCCC)C(O)/C=C/CCCCCCCCCCCCC)OC(CO)C(O)C1O. The predicted molar refractivity (Wildman–Crippen MR) is 310 cm³/mol. The highest BCUT2D eigenvalue weighted by molar-refractivity contribution is 5.80. The van der Waals surface area contributed by atoms with E-state index in [4.69, 9.17) is 14.2 Å². The first-order chi connectivity index (χ1) is 36.7. The van der Waals surface area contributed by atoms with E-state index in [1.54, 1.807) is 6.08 Å². The van der Waals surface area contributed by atoms with Gasteiger partial charge in [0.15, 0.2) is 12.4 Å². The molecule has 1 heterocycles. The quantitative estimate of drug-likeness (QED) is 0.0149. The summed E-state index contributed by atoms with van der Waals surface area (Å²) >= 11 is 0. The first-order valence-corrected chi connectivity index (χ1v) is 30.4. The Morgan fingerprint density at radius 3 is 1.48 bits per heavy atom. The highest BCUT2D eigenvalue weighted by Gasteiger charge is 2.47. The Balaban J connectivity index is 2.74. The lowest BCUT2D eigenvalue weighted by Gasteiger charge is -2.41. The number of unbranched alkanes of at least 4 members (excludes halogenated alkanes) is 28. The molecule has 0 aromatic rings. The van der Waals surface area contributed by atoms with Crippen molar-refractivity contribution in [1.82, 2.24) is 5.32 Å². The van der Waals surface area contributed by atoms with Crippen LogP contribution in [0.4, 0.5) is 0 Å². The molecule has 0 radical (unpaired) electrons. The largest absolute Gasteiger partial charge is 0.454 e. The van der Waals surface area contributed by atoms with Crippen LogP contribution in [0, 0.1) is 0 Å². The zero-order valence-electron chi connectivity index (χ0n) is 47.6. The highest BCUT2D eigenvalue weighted by Crippen LogP contribution is 2.26. The number of amides is 1. The molecule has 0 aliphatic carbocycles. The van der Waals surface area contributed by atoms with Gasteiger partial charge in [-0.1, -0.05) is 254 Å². The summed E-state index contributed by atoms with van der Waals surface area (Å²) in [7, 11) is 0. The minimum atomic E-state index is -1.64. The Bertz CT molecular complexity index is 1540. The fourth-order valence-electron chi connectivity index (χ4n) is 9.08. The number of rotatable bonds is 50. The van der Waals surface area contributed by atoms with Crippen LogP contribution in [0.1, 0.15) is 245 Å². The molecular weight excluding hydrogens is 943 g/mol. The van der Waals surface area contributed by atoms with Crippen molar-refractivity contribution in [2.24, 2.45) is 0 Å². The first-order valence-electron chi connectivity index (χ1n) is 30.4. The lowest BCUT2D eigenvalue weighted by molar-refractivity contribution is -0.305. The van der Waals surface area contributed by atoms with Crippen molar-refractivity contribution in [3.05, 3.63) is 85.1 Å². The van der Waals surface area contributed by atoms with Gasteiger partial charge in [0, 0.05) is 6.42 Å². The van der Waals surface area contributed by atoms with Crippen LogP contribution in [0.15, 0.2) is 85.1 Å². The van der Waals surface area contributed by atoms with Crippen molar-refractivity contribution in [3.8, 4) is 0 Å². The Morgan fingerprint density at radius 2 is 0.973 bits per heavy atom. The number of aliphatic hydroxyl groups is 5. The summed E-state index contributed by atoms with van der Waals surface area (Å²) in [6.45, 7) is 5.61. The molecule has 11 nitrogen and oxygen atoms in total. The Kier molecular flexibility index (Phi) is 48.0. The van der Waals surface area contributed by atoms with Crippen LogP contribution in [-0.2, 0) is 23.8 Å². The summed E-state index contributed by atoms with van der Waals surface area (Å²) in [5.74, 6) is -1.24. The summed E-state index contributed by atoms with van der Waals surface area (Å²) in [6.07, 6.45) is 56.2. The van der Waals surface area contributed by atoms with Crippen LogP contribution < -0.4 is 5.32 Å². The van der Waals surface area contributed by atoms with E-state index in [0.29, 0.717) is 12.8 Å². The van der Waals surface area contributed by atoms with E-state index in [-0.39, 0.29) is 19.4 Å². The molecule has 0 spiro atoms. The molecule has 11 heteroatoms. The normalized spacial score (nSPS) is 19.8. The molecule has 1 amide bonds. The van der Waals surface area contributed by atoms with Crippen LogP contribution in [0.2, 0.25) is 0 Å². The van der Waals surface area contributed by atoms with E-state index in [1.165, 1.54) is 128 Å². The van der Waals surface area contributed by atoms with E-state index >= 15 is 0 Å². The third-order valence-electron chi connectivity index (χ3n) is 13.9. The molecule has 1 aliphatic rings. The van der Waals surface area contributed by atoms with Crippen LogP contribution in [0.5, 0.6) is 0 Å². The molecule has 0 aromatic carbocycles. The summed E-state index contributed by atoms with van der Waals surface area (Å²) < 4.78 is 17.6. The van der Waals surface area contributed by atoms with Crippen molar-refractivity contribution < 1.29 is 49.3 Å². The van der Waals surface area contributed by atoms with Crippen LogP contribution in [-0.4, -0.2) is 99.6 Å². The van der Waals surface area contributed by atoms with Gasteiger partial charge in [-0.15, -0.1) is 0 Å². The first kappa shape index (κ1) is 69.9. The monoisotopic (exact) mass is 1050 g/mol. The van der Waals surface area contributed by atoms with Gasteiger partial charge in [-0.25, -0.2) is 0 Å². The smallest absolute Gasteiger partial charge is 0.306 e. The van der Waals surface area contributed by atoms with Crippen molar-refractivity contribution in [2.75, 3.05) is 13.2 Å². The number of hydrogen-bond donors (Lipinski definition) is 6. The molecule has 0 aromatic heterocycles. The molecule has 8 unspecified atom stereocenters. The van der Waals surface area contributed by atoms with Gasteiger partial charge in [-0.05, 0) is 70.6 Å². The van der Waals surface area contributed by atoms with Gasteiger partial charge < -0.3 is 45.1 Å². The molecule has 1 aliphatic heterocycles. The molecule has 0 bridgehead atoms. The molecule has 0 saturated carbocycles. The average molecular weight is 1050 g/mol. The maximum atomic E-state index is 13.4. The lowest BCUT2D eigenvalue weighted by atomic mass is 9.99. The van der Waals surface area contributed by atoms with E-state index in [1.807, 2.05) is 54.7 Å². The predicted octanol–water partition coefficient (Wildman–Crippen LogP) is 14.2. The number of esters is 1. The Morgan fingerprint density at radius 1 is 0.533 bits per heavy atom. The van der Waals surface area contributed by atoms with Crippen molar-refractivity contribution in [2.45, 2.75) is 294 Å². The molecule has 1 fully saturated rings. The van der Waals surface area contributed by atoms with Gasteiger partial charge in [-0.2, -0.15) is 0 Å². The van der Waals surface area contributed by atoms with Crippen molar-refractivity contribution >= 4 is 11.9 Å². The number of hydrogen-bond acceptors (Lipinski definition) is 10. The molecular formula is C64H111NO10. The second-order valence-corrected chi connectivity index (χ2v) is 20.8. The van der Waals surface area contributed by atoms with Crippen LogP contribution in [0.25, 0.3) is 0 Å². The van der Waals surface area contributed by atoms with Gasteiger partial charge in [0.1, 0.15) is 24.4 Å². The minimum absolute atomic E-state index is 0.0710. The fraction of sp³-hybridized carbons (Fsp3) is 0.750. The van der Waals surface area contributed by atoms with Crippen LogP contribution in [0.3, 0.4) is 0 Å². The van der Waals surface area contributed by atoms with E-state index < -0.39 is 67.4 Å². The number of allylic oxidation sites excluding steroid dienone is 13. The second-order valence-electron chi connectivity index (χ2n) is 20.8. The third-order valence-corrected chi connectivity index (χ3v) is 13.9. The van der Waals surface area contributed by atoms with E-state index in [2.05, 4.69) is 50.4 Å². The lowest BCUT2D eigenvalue weighted by Crippen LogP contribution is -2.61. The van der Waals surface area contributed by atoms with Crippen LogP contribution >= 0.6 is 0 Å². The van der Waals surface area contributed by atoms with Crippen molar-refractivity contribution in [3.63, 3.8) is 0 Å². The second kappa shape index (κ2) is 51.6. The average Bonchev–Trinajstić information content (AvgIpc) is 3.41. The maximum absolute atomic E-state index is 13.4. The molecule has 75 heavy (non-hydrogen) atoms. The Hall–Kier alpha value is -3.16. The zero-order valence-corrected chi connectivity index (χ0v) is 47.6. The maximum Gasteiger partial charge on any atom is 0.306 e. The molecule has 8 atom stereocenters. The van der Waals surface area contributed by atoms with Crippen molar-refractivity contribution in [1.29, 1.82) is 0 Å². The fourth-order valence-corrected chi connectivity index (χ4v) is 9.08. The van der Waals surface area contributed by atoms with E-state index in [0.717, 1.165) is 70.6 Å². The minimum Gasteiger partial charge on any atom is -0.454 e. The molecule has 432 valence electrons. The van der Waals surface area contributed by atoms with Gasteiger partial charge in [0.2, 0.25) is 5.91 Å². The Labute approximate surface area is 457 Å². The standard InChI is InChI=1S/C64H111NO10/c1-4-7-10-13-16-19-22-25-27-28-29-31-33-36-39-42-45-48-51-57(68)63(72)65-55(56(67)50-47-44-41-38-35-32-24-21-18-15-12-9-6-3)54-73-64-62(61(71)60(70)58(53-66)74-64)75-59(69)52-49-46-43-40-37-34-30-26-23-20-17-14-11-8-5-2/h8,11,14,17,20,23,25-27,30,34,37,47,50,55-58,60-62,64,66-68,70-71H,4-7,9-10,12-13,15-16,18-19,21-22,24,28-29,31-33,35-36,38-46,48-49,51-54H2,1-3H3,(H,65,72)/b11-8+,17-14+,23-20-,27-25+,30-26-,37-34+,50-47+. The molecule has 1 rings (SSSR count). The number of nitrogens with one attached hydrogen (secondary N) is 1. The summed E-state index contributed by atoms with van der Waals surface area (Å²) in [5, 5.41) is 56.9.